The Kier molecular flexibility index (Phi) is 3.91. The lowest BCUT2D eigenvalue weighted by atomic mass is 9.90. The molecular formula is C18H19FN2O3. The van der Waals surface area contributed by atoms with E-state index in [1.54, 1.807) is 12.1 Å². The Morgan fingerprint density at radius 2 is 2.08 bits per heavy atom. The van der Waals surface area contributed by atoms with Crippen molar-refractivity contribution in [2.24, 2.45) is 5.73 Å². The highest BCUT2D eigenvalue weighted by atomic mass is 19.1. The van der Waals surface area contributed by atoms with E-state index in [1.807, 2.05) is 13.8 Å². The Morgan fingerprint density at radius 3 is 2.71 bits per heavy atom. The van der Waals surface area contributed by atoms with Crippen molar-refractivity contribution in [3.05, 3.63) is 41.3 Å². The first-order valence-electron chi connectivity index (χ1n) is 7.67. The van der Waals surface area contributed by atoms with Crippen LogP contribution in [-0.4, -0.2) is 23.6 Å². The van der Waals surface area contributed by atoms with Gasteiger partial charge in [-0.25, -0.2) is 9.37 Å². The summed E-state index contributed by atoms with van der Waals surface area (Å²) in [5.41, 5.74) is 6.75. The fourth-order valence-electron chi connectivity index (χ4n) is 2.82. The standard InChI is InChI=1S/C18H19FN2O3/c1-18(2)7-6-12-13(9-15(16(20)22)21-17(12)24-18)11-5-4-10(23-3)8-14(11)19/h4-5,8-9H,6-7H2,1-3H3,(H2,20,22). The lowest BCUT2D eigenvalue weighted by molar-refractivity contribution is 0.0774. The van der Waals surface area contributed by atoms with Crippen LogP contribution in [0.4, 0.5) is 4.39 Å². The van der Waals surface area contributed by atoms with Gasteiger partial charge in [0.1, 0.15) is 22.9 Å². The highest BCUT2D eigenvalue weighted by molar-refractivity contribution is 5.93. The molecular weight excluding hydrogens is 311 g/mol. The SMILES string of the molecule is COc1ccc(-c2cc(C(N)=O)nc3c2CCC(C)(C)O3)c(F)c1. The van der Waals surface area contributed by atoms with Crippen LogP contribution in [0, 0.1) is 5.82 Å². The molecule has 0 saturated carbocycles. The molecule has 24 heavy (non-hydrogen) atoms. The smallest absolute Gasteiger partial charge is 0.267 e. The summed E-state index contributed by atoms with van der Waals surface area (Å²) in [7, 11) is 1.48. The Morgan fingerprint density at radius 1 is 1.33 bits per heavy atom. The van der Waals surface area contributed by atoms with Gasteiger partial charge in [0.05, 0.1) is 7.11 Å². The number of methoxy groups -OCH3 is 1. The zero-order valence-electron chi connectivity index (χ0n) is 13.9. The van der Waals surface area contributed by atoms with Crippen molar-refractivity contribution in [1.82, 2.24) is 4.98 Å². The van der Waals surface area contributed by atoms with E-state index < -0.39 is 17.3 Å². The van der Waals surface area contributed by atoms with Crippen LogP contribution in [0.2, 0.25) is 0 Å². The Balaban J connectivity index is 2.20. The van der Waals surface area contributed by atoms with E-state index in [9.17, 15) is 9.18 Å². The minimum absolute atomic E-state index is 0.0525. The van der Waals surface area contributed by atoms with Gasteiger partial charge in [-0.05, 0) is 50.5 Å². The number of ether oxygens (including phenoxy) is 2. The van der Waals surface area contributed by atoms with Crippen LogP contribution >= 0.6 is 0 Å². The average Bonchev–Trinajstić information content (AvgIpc) is 2.52. The third kappa shape index (κ3) is 2.91. The Labute approximate surface area is 139 Å². The van der Waals surface area contributed by atoms with Crippen molar-refractivity contribution in [2.75, 3.05) is 7.11 Å². The number of carbonyl (C=O) groups excluding carboxylic acids is 1. The number of nitrogens with two attached hydrogens (primary N) is 1. The molecule has 1 aliphatic rings. The molecule has 0 fully saturated rings. The van der Waals surface area contributed by atoms with Gasteiger partial charge in [-0.1, -0.05) is 0 Å². The maximum Gasteiger partial charge on any atom is 0.267 e. The van der Waals surface area contributed by atoms with Crippen LogP contribution in [0.15, 0.2) is 24.3 Å². The van der Waals surface area contributed by atoms with Crippen LogP contribution < -0.4 is 15.2 Å². The minimum atomic E-state index is -0.681. The van der Waals surface area contributed by atoms with E-state index in [0.29, 0.717) is 29.2 Å². The van der Waals surface area contributed by atoms with Crippen molar-refractivity contribution in [3.63, 3.8) is 0 Å². The summed E-state index contributed by atoms with van der Waals surface area (Å²) in [6, 6.07) is 6.12. The van der Waals surface area contributed by atoms with Gasteiger partial charge in [0.25, 0.3) is 5.91 Å². The number of nitrogens with zero attached hydrogens (tertiary/aromatic N) is 1. The molecule has 0 bridgehead atoms. The van der Waals surface area contributed by atoms with Gasteiger partial charge in [-0.3, -0.25) is 4.79 Å². The number of carbonyl (C=O) groups is 1. The topological polar surface area (TPSA) is 74.4 Å². The summed E-state index contributed by atoms with van der Waals surface area (Å²) >= 11 is 0. The number of aromatic nitrogens is 1. The number of halogens is 1. The van der Waals surface area contributed by atoms with Gasteiger partial charge in [0, 0.05) is 17.2 Å². The molecule has 0 aliphatic carbocycles. The van der Waals surface area contributed by atoms with Crippen molar-refractivity contribution in [2.45, 2.75) is 32.3 Å². The second-order valence-electron chi connectivity index (χ2n) is 6.41. The highest BCUT2D eigenvalue weighted by Crippen LogP contribution is 2.39. The molecule has 0 saturated heterocycles. The van der Waals surface area contributed by atoms with Gasteiger partial charge in [0.15, 0.2) is 0 Å². The number of primary amides is 1. The van der Waals surface area contributed by atoms with E-state index >= 15 is 0 Å². The summed E-state index contributed by atoms with van der Waals surface area (Å²) < 4.78 is 25.4. The fraction of sp³-hybridized carbons (Fsp3) is 0.333. The predicted octanol–water partition coefficient (Wildman–Crippen LogP) is 3.10. The minimum Gasteiger partial charge on any atom is -0.497 e. The van der Waals surface area contributed by atoms with Crippen LogP contribution in [-0.2, 0) is 6.42 Å². The number of hydrogen-bond donors (Lipinski definition) is 1. The van der Waals surface area contributed by atoms with E-state index in [-0.39, 0.29) is 5.69 Å². The monoisotopic (exact) mass is 330 g/mol. The molecule has 126 valence electrons. The molecule has 3 rings (SSSR count). The first-order valence-corrected chi connectivity index (χ1v) is 7.67. The molecule has 1 aromatic carbocycles. The number of amides is 1. The average molecular weight is 330 g/mol. The molecule has 0 atom stereocenters. The number of fused-ring (bicyclic) bond motifs is 1. The van der Waals surface area contributed by atoms with Crippen molar-refractivity contribution < 1.29 is 18.7 Å². The second-order valence-corrected chi connectivity index (χ2v) is 6.41. The van der Waals surface area contributed by atoms with Crippen LogP contribution in [0.1, 0.15) is 36.3 Å². The summed E-state index contributed by atoms with van der Waals surface area (Å²) in [5.74, 6) is -0.359. The number of hydrogen-bond acceptors (Lipinski definition) is 4. The van der Waals surface area contributed by atoms with Crippen molar-refractivity contribution in [3.8, 4) is 22.8 Å². The molecule has 0 unspecified atom stereocenters. The number of benzene rings is 1. The maximum absolute atomic E-state index is 14.5. The fourth-order valence-corrected chi connectivity index (χ4v) is 2.82. The third-order valence-electron chi connectivity index (χ3n) is 4.16. The Hall–Kier alpha value is -2.63. The zero-order valence-corrected chi connectivity index (χ0v) is 13.9. The quantitative estimate of drug-likeness (QED) is 0.938. The van der Waals surface area contributed by atoms with Gasteiger partial charge in [-0.2, -0.15) is 0 Å². The molecule has 2 aromatic rings. The normalized spacial score (nSPS) is 15.3. The van der Waals surface area contributed by atoms with Gasteiger partial charge >= 0.3 is 0 Å². The summed E-state index contributed by atoms with van der Waals surface area (Å²) in [6.45, 7) is 3.89. The summed E-state index contributed by atoms with van der Waals surface area (Å²) in [4.78, 5) is 15.8. The van der Waals surface area contributed by atoms with E-state index in [0.717, 1.165) is 12.0 Å². The number of pyridine rings is 1. The summed E-state index contributed by atoms with van der Waals surface area (Å²) in [6.07, 6.45) is 1.44. The van der Waals surface area contributed by atoms with Crippen LogP contribution in [0.25, 0.3) is 11.1 Å². The summed E-state index contributed by atoms with van der Waals surface area (Å²) in [5, 5.41) is 0. The van der Waals surface area contributed by atoms with E-state index in [2.05, 4.69) is 4.98 Å². The first kappa shape index (κ1) is 16.2. The van der Waals surface area contributed by atoms with Gasteiger partial charge in [0.2, 0.25) is 5.88 Å². The Bertz CT molecular complexity index is 818. The molecule has 1 aliphatic heterocycles. The van der Waals surface area contributed by atoms with E-state index in [1.165, 1.54) is 19.2 Å². The van der Waals surface area contributed by atoms with Crippen molar-refractivity contribution >= 4 is 5.91 Å². The molecule has 0 spiro atoms. The lowest BCUT2D eigenvalue weighted by Gasteiger charge is -2.32. The maximum atomic E-state index is 14.5. The molecule has 1 aromatic heterocycles. The molecule has 6 heteroatoms. The lowest BCUT2D eigenvalue weighted by Crippen LogP contribution is -2.34. The largest absolute Gasteiger partial charge is 0.497 e. The van der Waals surface area contributed by atoms with Gasteiger partial charge < -0.3 is 15.2 Å². The molecule has 1 amide bonds. The van der Waals surface area contributed by atoms with Gasteiger partial charge in [-0.15, -0.1) is 0 Å². The molecule has 2 N–H and O–H groups in total. The van der Waals surface area contributed by atoms with Crippen molar-refractivity contribution in [1.29, 1.82) is 0 Å². The second kappa shape index (κ2) is 5.78. The van der Waals surface area contributed by atoms with Crippen LogP contribution in [0.3, 0.4) is 0 Å². The number of rotatable bonds is 3. The predicted molar refractivity (Wildman–Crippen MR) is 87.7 cm³/mol. The highest BCUT2D eigenvalue weighted by Gasteiger charge is 2.31. The molecule has 5 nitrogen and oxygen atoms in total. The first-order chi connectivity index (χ1) is 11.3. The van der Waals surface area contributed by atoms with Crippen LogP contribution in [0.5, 0.6) is 11.6 Å². The molecule has 0 radical (unpaired) electrons. The molecule has 2 heterocycles. The van der Waals surface area contributed by atoms with E-state index in [4.69, 9.17) is 15.2 Å². The zero-order chi connectivity index (χ0) is 17.5. The third-order valence-corrected chi connectivity index (χ3v) is 4.16.